The summed E-state index contributed by atoms with van der Waals surface area (Å²) >= 11 is 0. The number of para-hydroxylation sites is 4. The fourth-order valence-corrected chi connectivity index (χ4v) is 8.44. The van der Waals surface area contributed by atoms with Crippen LogP contribution in [0.15, 0.2) is 179 Å². The zero-order chi connectivity index (χ0) is 39.0. The quantitative estimate of drug-likeness (QED) is 0.123. The molecule has 4 aromatic heterocycles. The highest BCUT2D eigenvalue weighted by atomic mass is 16.1. The number of unbranched alkanes of at least 4 members (excludes halogenated alkanes) is 3. The van der Waals surface area contributed by atoms with Crippen LogP contribution in [0, 0.1) is 0 Å². The molecule has 0 aliphatic rings. The number of aromatic nitrogens is 6. The van der Waals surface area contributed by atoms with E-state index in [1.165, 1.54) is 0 Å². The van der Waals surface area contributed by atoms with Gasteiger partial charge in [-0.3, -0.25) is 18.4 Å². The van der Waals surface area contributed by atoms with Gasteiger partial charge in [-0.2, -0.15) is 0 Å². The first-order valence-corrected chi connectivity index (χ1v) is 20.0. The first-order chi connectivity index (χ1) is 28.7. The van der Waals surface area contributed by atoms with E-state index in [0.29, 0.717) is 35.5 Å². The lowest BCUT2D eigenvalue weighted by Gasteiger charge is -2.15. The Balaban J connectivity index is 0.962. The van der Waals surface area contributed by atoms with Gasteiger partial charge >= 0.3 is 0 Å². The van der Waals surface area contributed by atoms with Gasteiger partial charge in [0.25, 0.3) is 11.1 Å². The molecule has 0 N–H and O–H groups in total. The third-order valence-electron chi connectivity index (χ3n) is 11.1. The highest BCUT2D eigenvalue weighted by Gasteiger charge is 2.23. The Labute approximate surface area is 334 Å². The standard InChI is InChI=1S/C50H40N6O2/c57-49-45-43(35-21-7-3-8-22-35)51-47(37-25-11-5-12-26-37)55(45)41-31-17-15-29-39(41)53(49)33-19-1-2-20-34-54-40-30-16-18-32-42(40)56-46(50(54)58)44(36-23-9-4-10-24-36)52-48(56)38-27-13-6-14-28-38/h3-18,21-32H,1-2,19-20,33-34H2. The van der Waals surface area contributed by atoms with Crippen LogP contribution >= 0.6 is 0 Å². The van der Waals surface area contributed by atoms with E-state index in [0.717, 1.165) is 81.7 Å². The summed E-state index contributed by atoms with van der Waals surface area (Å²) in [6, 6.07) is 56.3. The molecule has 0 bridgehead atoms. The zero-order valence-electron chi connectivity index (χ0n) is 31.9. The van der Waals surface area contributed by atoms with Crippen molar-refractivity contribution in [3.05, 3.63) is 191 Å². The lowest BCUT2D eigenvalue weighted by molar-refractivity contribution is 0.540. The van der Waals surface area contributed by atoms with Gasteiger partial charge in [-0.25, -0.2) is 9.97 Å². The van der Waals surface area contributed by atoms with E-state index >= 15 is 0 Å². The van der Waals surface area contributed by atoms with Gasteiger partial charge in [0.05, 0.1) is 22.1 Å². The highest BCUT2D eigenvalue weighted by Crippen LogP contribution is 2.33. The predicted octanol–water partition coefficient (Wildman–Crippen LogP) is 10.5. The minimum absolute atomic E-state index is 0.0524. The molecule has 0 atom stereocenters. The van der Waals surface area contributed by atoms with Crippen LogP contribution in [0.4, 0.5) is 0 Å². The molecule has 0 spiro atoms. The smallest absolute Gasteiger partial charge is 0.277 e. The SMILES string of the molecule is O=c1c2c(-c3ccccc3)nc(-c3ccccc3)n2c2ccccc2n1CCCCCCn1c(=O)c2c(-c3ccccc3)nc(-c3ccccc3)n2c2ccccc21. The average Bonchev–Trinajstić information content (AvgIpc) is 3.90. The Kier molecular flexibility index (Phi) is 9.06. The lowest BCUT2D eigenvalue weighted by atomic mass is 10.1. The molecule has 282 valence electrons. The molecule has 6 aromatic carbocycles. The fraction of sp³-hybridized carbons (Fsp3) is 0.120. The molecular weight excluding hydrogens is 717 g/mol. The summed E-state index contributed by atoms with van der Waals surface area (Å²) in [7, 11) is 0. The Hall–Kier alpha value is -7.32. The number of hydrogen-bond donors (Lipinski definition) is 0. The number of benzene rings is 6. The molecule has 0 amide bonds. The summed E-state index contributed by atoms with van der Waals surface area (Å²) in [5.41, 5.74) is 9.79. The molecule has 58 heavy (non-hydrogen) atoms. The number of rotatable bonds is 11. The topological polar surface area (TPSA) is 78.6 Å². The Morgan fingerprint density at radius 3 is 1.02 bits per heavy atom. The van der Waals surface area contributed by atoms with Crippen LogP contribution in [0.2, 0.25) is 0 Å². The maximum atomic E-state index is 14.6. The van der Waals surface area contributed by atoms with E-state index in [-0.39, 0.29) is 11.1 Å². The van der Waals surface area contributed by atoms with E-state index in [1.807, 2.05) is 176 Å². The Morgan fingerprint density at radius 2 is 0.655 bits per heavy atom. The molecule has 8 heteroatoms. The van der Waals surface area contributed by atoms with Crippen LogP contribution in [0.3, 0.4) is 0 Å². The van der Waals surface area contributed by atoms with Gasteiger partial charge in [0.1, 0.15) is 34.1 Å². The summed E-state index contributed by atoms with van der Waals surface area (Å²) in [5.74, 6) is 1.50. The summed E-state index contributed by atoms with van der Waals surface area (Å²) in [6.07, 6.45) is 3.44. The van der Waals surface area contributed by atoms with E-state index in [1.54, 1.807) is 0 Å². The van der Waals surface area contributed by atoms with Crippen LogP contribution in [-0.4, -0.2) is 27.9 Å². The number of hydrogen-bond acceptors (Lipinski definition) is 4. The van der Waals surface area contributed by atoms with Crippen molar-refractivity contribution in [2.45, 2.75) is 38.8 Å². The molecule has 0 aliphatic carbocycles. The molecule has 4 heterocycles. The van der Waals surface area contributed by atoms with E-state index < -0.39 is 0 Å². The molecule has 8 nitrogen and oxygen atoms in total. The van der Waals surface area contributed by atoms with E-state index in [2.05, 4.69) is 12.1 Å². The van der Waals surface area contributed by atoms with Crippen molar-refractivity contribution in [3.63, 3.8) is 0 Å². The highest BCUT2D eigenvalue weighted by molar-refractivity contribution is 5.90. The van der Waals surface area contributed by atoms with Crippen molar-refractivity contribution in [1.82, 2.24) is 27.9 Å². The van der Waals surface area contributed by atoms with Crippen molar-refractivity contribution in [2.24, 2.45) is 0 Å². The molecule has 0 fully saturated rings. The second-order valence-corrected chi connectivity index (χ2v) is 14.7. The first-order valence-electron chi connectivity index (χ1n) is 20.0. The van der Waals surface area contributed by atoms with Gasteiger partial charge in [0.2, 0.25) is 0 Å². The van der Waals surface area contributed by atoms with Gasteiger partial charge in [-0.05, 0) is 37.1 Å². The minimum atomic E-state index is -0.0524. The summed E-state index contributed by atoms with van der Waals surface area (Å²) in [5, 5.41) is 0. The average molecular weight is 757 g/mol. The molecule has 0 unspecified atom stereocenters. The largest absolute Gasteiger partial charge is 0.305 e. The maximum Gasteiger partial charge on any atom is 0.277 e. The Morgan fingerprint density at radius 1 is 0.345 bits per heavy atom. The number of fused-ring (bicyclic) bond motifs is 6. The maximum absolute atomic E-state index is 14.6. The normalized spacial score (nSPS) is 11.7. The second kappa shape index (κ2) is 15.0. The van der Waals surface area contributed by atoms with Gasteiger partial charge in [-0.15, -0.1) is 0 Å². The third-order valence-corrected chi connectivity index (χ3v) is 11.1. The first kappa shape index (κ1) is 35.1. The Bertz CT molecular complexity index is 2980. The summed E-state index contributed by atoms with van der Waals surface area (Å²) in [6.45, 7) is 1.15. The predicted molar refractivity (Wildman–Crippen MR) is 234 cm³/mol. The van der Waals surface area contributed by atoms with Crippen molar-refractivity contribution in [3.8, 4) is 45.3 Å². The van der Waals surface area contributed by atoms with Crippen molar-refractivity contribution in [2.75, 3.05) is 0 Å². The van der Waals surface area contributed by atoms with Crippen LogP contribution in [0.1, 0.15) is 25.7 Å². The minimum Gasteiger partial charge on any atom is -0.305 e. The lowest BCUT2D eigenvalue weighted by Crippen LogP contribution is -2.24. The van der Waals surface area contributed by atoms with Crippen molar-refractivity contribution < 1.29 is 0 Å². The molecule has 0 aliphatic heterocycles. The third kappa shape index (κ3) is 6.01. The molecule has 10 aromatic rings. The van der Waals surface area contributed by atoms with Gasteiger partial charge in [0, 0.05) is 35.3 Å². The van der Waals surface area contributed by atoms with E-state index in [4.69, 9.17) is 9.97 Å². The van der Waals surface area contributed by atoms with Crippen LogP contribution in [0.25, 0.3) is 78.4 Å². The number of nitrogens with zero attached hydrogens (tertiary/aromatic N) is 6. The van der Waals surface area contributed by atoms with Crippen LogP contribution in [-0.2, 0) is 13.1 Å². The monoisotopic (exact) mass is 756 g/mol. The van der Waals surface area contributed by atoms with Crippen molar-refractivity contribution >= 4 is 33.1 Å². The van der Waals surface area contributed by atoms with Crippen LogP contribution in [0.5, 0.6) is 0 Å². The van der Waals surface area contributed by atoms with Crippen molar-refractivity contribution in [1.29, 1.82) is 0 Å². The summed E-state index contributed by atoms with van der Waals surface area (Å²) in [4.78, 5) is 39.5. The molecule has 10 rings (SSSR count). The second-order valence-electron chi connectivity index (χ2n) is 14.7. The van der Waals surface area contributed by atoms with Crippen LogP contribution < -0.4 is 11.1 Å². The van der Waals surface area contributed by atoms with Gasteiger partial charge < -0.3 is 9.13 Å². The number of aryl methyl sites for hydroxylation is 2. The fourth-order valence-electron chi connectivity index (χ4n) is 8.44. The van der Waals surface area contributed by atoms with Gasteiger partial charge in [-0.1, -0.05) is 158 Å². The number of imidazole rings is 2. The molecule has 0 radical (unpaired) electrons. The molecule has 0 saturated heterocycles. The summed E-state index contributed by atoms with van der Waals surface area (Å²) < 4.78 is 7.93. The zero-order valence-corrected chi connectivity index (χ0v) is 31.9. The molecular formula is C50H40N6O2. The molecule has 0 saturated carbocycles. The van der Waals surface area contributed by atoms with E-state index in [9.17, 15) is 9.59 Å². The van der Waals surface area contributed by atoms with Gasteiger partial charge in [0.15, 0.2) is 0 Å².